The van der Waals surface area contributed by atoms with Crippen molar-refractivity contribution in [2.24, 2.45) is 26.4 Å². The zero-order valence-electron chi connectivity index (χ0n) is 10.3. The van der Waals surface area contributed by atoms with Gasteiger partial charge in [0.05, 0.1) is 13.3 Å². The van der Waals surface area contributed by atoms with Crippen LogP contribution in [0.25, 0.3) is 0 Å². The van der Waals surface area contributed by atoms with Gasteiger partial charge in [-0.1, -0.05) is 0 Å². The van der Waals surface area contributed by atoms with Crippen LogP contribution in [0, 0.1) is 22.9 Å². The number of nitrogens with zero attached hydrogens (tertiary/aromatic N) is 5. The minimum absolute atomic E-state index is 0.0493. The number of nitrogens with one attached hydrogen (secondary N) is 4. The Balaban J connectivity index is 4.09. The van der Waals surface area contributed by atoms with E-state index in [1.54, 1.807) is 6.19 Å². The Labute approximate surface area is 110 Å². The molecular formula is C8H15N11. The van der Waals surface area contributed by atoms with Crippen molar-refractivity contribution in [2.45, 2.75) is 0 Å². The highest BCUT2D eigenvalue weighted by Gasteiger charge is 1.98. The summed E-state index contributed by atoms with van der Waals surface area (Å²) >= 11 is 0. The van der Waals surface area contributed by atoms with Crippen LogP contribution < -0.4 is 32.7 Å². The van der Waals surface area contributed by atoms with Crippen molar-refractivity contribution in [3.63, 3.8) is 0 Å². The Morgan fingerprint density at radius 1 is 0.947 bits per heavy atom. The predicted octanol–water partition coefficient (Wildman–Crippen LogP) is -3.16. The van der Waals surface area contributed by atoms with E-state index in [1.807, 2.05) is 0 Å². The molecule has 0 aliphatic carbocycles. The lowest BCUT2D eigenvalue weighted by atomic mass is 10.8. The molecule has 19 heavy (non-hydrogen) atoms. The molecule has 0 saturated carbocycles. The minimum Gasteiger partial charge on any atom is -0.370 e. The van der Waals surface area contributed by atoms with Crippen LogP contribution in [0.3, 0.4) is 0 Å². The summed E-state index contributed by atoms with van der Waals surface area (Å²) in [6, 6.07) is 0. The fourth-order valence-corrected chi connectivity index (χ4v) is 0.801. The molecule has 8 N–H and O–H groups in total. The van der Waals surface area contributed by atoms with Crippen LogP contribution in [-0.2, 0) is 0 Å². The molecule has 0 fully saturated rings. The SMILES string of the molecule is C/N=C(\N)NCN/C(=N\C#N)NCN/C(N)=N/C#N. The van der Waals surface area contributed by atoms with Gasteiger partial charge in [0, 0.05) is 7.05 Å². The first-order chi connectivity index (χ1) is 9.13. The van der Waals surface area contributed by atoms with Gasteiger partial charge in [0.2, 0.25) is 24.3 Å². The molecule has 0 unspecified atom stereocenters. The van der Waals surface area contributed by atoms with E-state index < -0.39 is 0 Å². The van der Waals surface area contributed by atoms with Gasteiger partial charge in [-0.25, -0.2) is 0 Å². The minimum atomic E-state index is -0.0493. The Morgan fingerprint density at radius 2 is 1.47 bits per heavy atom. The van der Waals surface area contributed by atoms with E-state index in [0.29, 0.717) is 0 Å². The molecule has 0 rings (SSSR count). The number of rotatable bonds is 4. The maximum atomic E-state index is 8.49. The number of guanidine groups is 3. The summed E-state index contributed by atoms with van der Waals surface area (Å²) in [4.78, 5) is 10.4. The predicted molar refractivity (Wildman–Crippen MR) is 70.1 cm³/mol. The second kappa shape index (κ2) is 9.98. The van der Waals surface area contributed by atoms with E-state index in [4.69, 9.17) is 22.0 Å². The lowest BCUT2D eigenvalue weighted by Gasteiger charge is -2.12. The van der Waals surface area contributed by atoms with Gasteiger partial charge < -0.3 is 32.7 Å². The summed E-state index contributed by atoms with van der Waals surface area (Å²) in [5, 5.41) is 27.5. The van der Waals surface area contributed by atoms with E-state index in [9.17, 15) is 0 Å². The summed E-state index contributed by atoms with van der Waals surface area (Å²) in [6.45, 7) is 0.348. The van der Waals surface area contributed by atoms with Gasteiger partial charge in [-0.2, -0.15) is 10.5 Å². The molecule has 11 heteroatoms. The smallest absolute Gasteiger partial charge is 0.210 e. The van der Waals surface area contributed by atoms with Crippen LogP contribution in [0.1, 0.15) is 0 Å². The van der Waals surface area contributed by atoms with E-state index in [-0.39, 0.29) is 31.2 Å². The van der Waals surface area contributed by atoms with E-state index in [2.05, 4.69) is 36.2 Å². The van der Waals surface area contributed by atoms with Crippen LogP contribution >= 0.6 is 0 Å². The molecule has 0 aromatic carbocycles. The third-order valence-electron chi connectivity index (χ3n) is 1.62. The Bertz CT molecular complexity index is 435. The van der Waals surface area contributed by atoms with Crippen molar-refractivity contribution in [1.29, 1.82) is 10.5 Å². The number of hydrogen-bond donors (Lipinski definition) is 6. The largest absolute Gasteiger partial charge is 0.370 e. The second-order valence-electron chi connectivity index (χ2n) is 2.83. The molecule has 0 spiro atoms. The normalized spacial score (nSPS) is 12.1. The highest BCUT2D eigenvalue weighted by Crippen LogP contribution is 1.68. The zero-order valence-corrected chi connectivity index (χ0v) is 10.3. The number of hydrogen-bond acceptors (Lipinski definition) is 5. The topological polar surface area (TPSA) is 185 Å². The highest BCUT2D eigenvalue weighted by atomic mass is 15.3. The molecule has 0 saturated heterocycles. The fourth-order valence-electron chi connectivity index (χ4n) is 0.801. The van der Waals surface area contributed by atoms with Gasteiger partial charge >= 0.3 is 0 Å². The molecule has 0 heterocycles. The van der Waals surface area contributed by atoms with E-state index in [1.165, 1.54) is 13.2 Å². The maximum absolute atomic E-state index is 8.49. The summed E-state index contributed by atoms with van der Waals surface area (Å²) in [7, 11) is 1.53. The van der Waals surface area contributed by atoms with Crippen LogP contribution in [0.15, 0.2) is 15.0 Å². The quantitative estimate of drug-likeness (QED) is 0.133. The molecule has 0 atom stereocenters. The average molecular weight is 265 g/mol. The second-order valence-corrected chi connectivity index (χ2v) is 2.83. The van der Waals surface area contributed by atoms with Crippen LogP contribution in [0.5, 0.6) is 0 Å². The van der Waals surface area contributed by atoms with Crippen LogP contribution in [0.4, 0.5) is 0 Å². The third kappa shape index (κ3) is 8.58. The molecule has 11 nitrogen and oxygen atoms in total. The first-order valence-electron chi connectivity index (χ1n) is 5.00. The maximum Gasteiger partial charge on any atom is 0.210 e. The van der Waals surface area contributed by atoms with Gasteiger partial charge in [-0.3, -0.25) is 4.99 Å². The fraction of sp³-hybridized carbons (Fsp3) is 0.375. The number of aliphatic imine (C=N–C) groups is 3. The van der Waals surface area contributed by atoms with Gasteiger partial charge in [0.25, 0.3) is 0 Å². The first kappa shape index (κ1) is 15.8. The molecular weight excluding hydrogens is 250 g/mol. The monoisotopic (exact) mass is 265 g/mol. The molecule has 0 aliphatic rings. The summed E-state index contributed by atoms with van der Waals surface area (Å²) in [5.74, 6) is 0.385. The van der Waals surface area contributed by atoms with Gasteiger partial charge in [0.1, 0.15) is 0 Å². The van der Waals surface area contributed by atoms with Gasteiger partial charge in [-0.15, -0.1) is 9.98 Å². The van der Waals surface area contributed by atoms with Gasteiger partial charge in [0.15, 0.2) is 5.96 Å². The van der Waals surface area contributed by atoms with Crippen molar-refractivity contribution in [2.75, 3.05) is 20.4 Å². The van der Waals surface area contributed by atoms with E-state index >= 15 is 0 Å². The highest BCUT2D eigenvalue weighted by molar-refractivity contribution is 5.83. The summed E-state index contributed by atoms with van der Waals surface area (Å²) in [5.41, 5.74) is 10.7. The standard InChI is InChI=1S/C8H15N11/c1-13-6(11)16-4-18-8(15-3-10)19-5-17-7(12)14-2-9/h4-5H2,1H3,(H3,11,13,16)(H3,12,14,17)(H2,15,18,19). The van der Waals surface area contributed by atoms with Crippen molar-refractivity contribution in [3.05, 3.63) is 0 Å². The van der Waals surface area contributed by atoms with Gasteiger partial charge in [-0.05, 0) is 0 Å². The molecule has 102 valence electrons. The molecule has 0 aliphatic heterocycles. The molecule has 0 radical (unpaired) electrons. The lowest BCUT2D eigenvalue weighted by Crippen LogP contribution is -2.49. The molecule has 0 aromatic heterocycles. The molecule has 0 aromatic rings. The van der Waals surface area contributed by atoms with Crippen molar-refractivity contribution < 1.29 is 0 Å². The van der Waals surface area contributed by atoms with Crippen molar-refractivity contribution >= 4 is 17.9 Å². The number of nitrogens with two attached hydrogens (primary N) is 2. The average Bonchev–Trinajstić information content (AvgIpc) is 2.38. The first-order valence-corrected chi connectivity index (χ1v) is 5.00. The zero-order chi connectivity index (χ0) is 14.5. The van der Waals surface area contributed by atoms with E-state index in [0.717, 1.165) is 0 Å². The lowest BCUT2D eigenvalue weighted by molar-refractivity contribution is 0.751. The van der Waals surface area contributed by atoms with Crippen LogP contribution in [0.2, 0.25) is 0 Å². The van der Waals surface area contributed by atoms with Crippen molar-refractivity contribution in [1.82, 2.24) is 21.3 Å². The summed E-state index contributed by atoms with van der Waals surface area (Å²) in [6.07, 6.45) is 3.14. The van der Waals surface area contributed by atoms with Crippen molar-refractivity contribution in [3.8, 4) is 12.4 Å². The molecule has 0 bridgehead atoms. The Hall–Kier alpha value is -3.21. The van der Waals surface area contributed by atoms with Crippen LogP contribution in [-0.4, -0.2) is 38.3 Å². The third-order valence-corrected chi connectivity index (χ3v) is 1.62. The molecule has 0 amide bonds. The summed E-state index contributed by atoms with van der Waals surface area (Å²) < 4.78 is 0. The Kier molecular flexibility index (Phi) is 8.29. The number of nitriles is 2. The Morgan fingerprint density at radius 3 is 1.95 bits per heavy atom.